The Morgan fingerprint density at radius 1 is 1.06 bits per heavy atom. The molecule has 2 aromatic carbocycles. The van der Waals surface area contributed by atoms with E-state index in [2.05, 4.69) is 4.98 Å². The Bertz CT molecular complexity index is 1520. The van der Waals surface area contributed by atoms with Gasteiger partial charge in [0.05, 0.1) is 17.9 Å². The maximum Gasteiger partial charge on any atom is 0.331 e. The summed E-state index contributed by atoms with van der Waals surface area (Å²) in [6, 6.07) is 21.2. The van der Waals surface area contributed by atoms with E-state index in [1.807, 2.05) is 71.5 Å². The van der Waals surface area contributed by atoms with Gasteiger partial charge in [0, 0.05) is 41.0 Å². The molecule has 5 rings (SSSR count). The van der Waals surface area contributed by atoms with Gasteiger partial charge < -0.3 is 4.74 Å². The molecule has 0 unspecified atom stereocenters. The molecule has 0 spiro atoms. The van der Waals surface area contributed by atoms with Crippen molar-refractivity contribution in [2.45, 2.75) is 13.2 Å². The van der Waals surface area contributed by atoms with Crippen molar-refractivity contribution in [2.75, 3.05) is 0 Å². The molecule has 0 aliphatic rings. The predicted molar refractivity (Wildman–Crippen MR) is 131 cm³/mol. The van der Waals surface area contributed by atoms with Crippen LogP contribution in [-0.2, 0) is 22.7 Å². The molecule has 0 saturated carbocycles. The van der Waals surface area contributed by atoms with Crippen molar-refractivity contribution in [2.24, 2.45) is 0 Å². The third-order valence-electron chi connectivity index (χ3n) is 5.14. The van der Waals surface area contributed by atoms with E-state index in [0.717, 1.165) is 22.4 Å². The number of fused-ring (bicyclic) bond motifs is 1. The minimum absolute atomic E-state index is 0.0778. The number of carbonyl (C=O) groups excluding carboxylic acids is 1. The molecular weight excluding hydrogens is 448 g/mol. The number of aromatic nitrogens is 4. The summed E-state index contributed by atoms with van der Waals surface area (Å²) in [5.41, 5.74) is 3.87. The van der Waals surface area contributed by atoms with E-state index >= 15 is 0 Å². The maximum atomic E-state index is 12.4. The van der Waals surface area contributed by atoms with Crippen molar-refractivity contribution in [1.29, 1.82) is 0 Å². The van der Waals surface area contributed by atoms with Crippen LogP contribution in [-0.4, -0.2) is 25.1 Å². The quantitative estimate of drug-likeness (QED) is 0.261. The number of hydrogen-bond donors (Lipinski definition) is 0. The lowest BCUT2D eigenvalue weighted by atomic mass is 10.1. The van der Waals surface area contributed by atoms with Gasteiger partial charge >= 0.3 is 5.97 Å². The second-order valence-electron chi connectivity index (χ2n) is 7.56. The third-order valence-corrected chi connectivity index (χ3v) is 5.90. The van der Waals surface area contributed by atoms with Crippen LogP contribution in [0.25, 0.3) is 22.3 Å². The number of ether oxygens (including phenoxy) is 1. The van der Waals surface area contributed by atoms with Crippen LogP contribution in [0, 0.1) is 0 Å². The number of carbonyl (C=O) groups is 1. The second-order valence-corrected chi connectivity index (χ2v) is 8.44. The van der Waals surface area contributed by atoms with Gasteiger partial charge in [0.2, 0.25) is 0 Å². The lowest BCUT2D eigenvalue weighted by Gasteiger charge is -2.02. The lowest BCUT2D eigenvalue weighted by Crippen LogP contribution is -2.14. The van der Waals surface area contributed by atoms with Gasteiger partial charge in [0.15, 0.2) is 4.96 Å². The second kappa shape index (κ2) is 9.68. The highest BCUT2D eigenvalue weighted by Gasteiger charge is 2.11. The average Bonchev–Trinajstić information content (AvgIpc) is 3.50. The van der Waals surface area contributed by atoms with E-state index in [4.69, 9.17) is 9.84 Å². The zero-order valence-electron chi connectivity index (χ0n) is 18.1. The third kappa shape index (κ3) is 4.87. The molecule has 5 aromatic rings. The van der Waals surface area contributed by atoms with Gasteiger partial charge in [-0.2, -0.15) is 5.10 Å². The first-order chi connectivity index (χ1) is 16.7. The van der Waals surface area contributed by atoms with Crippen LogP contribution in [0.5, 0.6) is 0 Å². The number of benzene rings is 2. The molecule has 0 atom stereocenters. The van der Waals surface area contributed by atoms with E-state index in [0.29, 0.717) is 17.2 Å². The van der Waals surface area contributed by atoms with E-state index < -0.39 is 5.97 Å². The van der Waals surface area contributed by atoms with Gasteiger partial charge in [0.1, 0.15) is 6.61 Å². The number of hydrogen-bond acceptors (Lipinski definition) is 6. The molecule has 7 nitrogen and oxygen atoms in total. The molecule has 3 heterocycles. The van der Waals surface area contributed by atoms with Crippen LogP contribution in [0.1, 0.15) is 16.8 Å². The zero-order chi connectivity index (χ0) is 23.3. The van der Waals surface area contributed by atoms with Crippen LogP contribution in [0.2, 0.25) is 0 Å². The van der Waals surface area contributed by atoms with Gasteiger partial charge in [-0.3, -0.25) is 13.9 Å². The van der Waals surface area contributed by atoms with Crippen LogP contribution >= 0.6 is 11.3 Å². The van der Waals surface area contributed by atoms with Crippen molar-refractivity contribution < 1.29 is 9.53 Å². The van der Waals surface area contributed by atoms with Crippen molar-refractivity contribution in [3.8, 4) is 11.3 Å². The predicted octanol–water partition coefficient (Wildman–Crippen LogP) is 4.42. The molecule has 0 fully saturated rings. The number of thiazole rings is 1. The van der Waals surface area contributed by atoms with Crippen LogP contribution in [0.15, 0.2) is 95.4 Å². The fourth-order valence-electron chi connectivity index (χ4n) is 3.54. The first kappa shape index (κ1) is 21.5. The van der Waals surface area contributed by atoms with Crippen molar-refractivity contribution in [3.63, 3.8) is 0 Å². The monoisotopic (exact) mass is 468 g/mol. The summed E-state index contributed by atoms with van der Waals surface area (Å²) in [5.74, 6) is -0.525. The van der Waals surface area contributed by atoms with Gasteiger partial charge in [-0.25, -0.2) is 9.78 Å². The summed E-state index contributed by atoms with van der Waals surface area (Å²) < 4.78 is 8.63. The number of esters is 1. The highest BCUT2D eigenvalue weighted by atomic mass is 32.1. The molecule has 0 amide bonds. The van der Waals surface area contributed by atoms with Crippen molar-refractivity contribution in [1.82, 2.24) is 19.2 Å². The molecule has 8 heteroatoms. The summed E-state index contributed by atoms with van der Waals surface area (Å²) in [5, 5.41) is 6.53. The fraction of sp³-hybridized carbons (Fsp3) is 0.0769. The fourth-order valence-corrected chi connectivity index (χ4v) is 4.28. The number of rotatable bonds is 7. The molecule has 34 heavy (non-hydrogen) atoms. The normalized spacial score (nSPS) is 11.3. The summed E-state index contributed by atoms with van der Waals surface area (Å²) in [4.78, 5) is 29.4. The van der Waals surface area contributed by atoms with Gasteiger partial charge in [-0.15, -0.1) is 11.3 Å². The summed E-state index contributed by atoms with van der Waals surface area (Å²) in [6.45, 7) is 0.539. The Balaban J connectivity index is 1.33. The zero-order valence-corrected chi connectivity index (χ0v) is 18.9. The first-order valence-electron chi connectivity index (χ1n) is 10.6. The smallest absolute Gasteiger partial charge is 0.331 e. The Morgan fingerprint density at radius 3 is 2.62 bits per heavy atom. The van der Waals surface area contributed by atoms with Gasteiger partial charge in [-0.05, 0) is 11.6 Å². The highest BCUT2D eigenvalue weighted by Crippen LogP contribution is 2.23. The molecule has 168 valence electrons. The Kier molecular flexibility index (Phi) is 6.13. The molecular formula is C26H20N4O3S. The first-order valence-corrected chi connectivity index (χ1v) is 11.5. The molecule has 0 radical (unpaired) electrons. The molecule has 0 bridgehead atoms. The Hall–Kier alpha value is -4.30. The van der Waals surface area contributed by atoms with E-state index in [1.165, 1.54) is 27.9 Å². The van der Waals surface area contributed by atoms with Crippen molar-refractivity contribution >= 4 is 28.3 Å². The van der Waals surface area contributed by atoms with E-state index in [-0.39, 0.29) is 12.2 Å². The van der Waals surface area contributed by atoms with E-state index in [9.17, 15) is 9.59 Å². The average molecular weight is 469 g/mol. The Labute approximate surface area is 199 Å². The summed E-state index contributed by atoms with van der Waals surface area (Å²) >= 11 is 1.35. The molecule has 0 aliphatic carbocycles. The van der Waals surface area contributed by atoms with E-state index in [1.54, 1.807) is 17.7 Å². The van der Waals surface area contributed by atoms with Crippen molar-refractivity contribution in [3.05, 3.63) is 118 Å². The topological polar surface area (TPSA) is 78.5 Å². The SMILES string of the molecule is O=C(/C=C/c1cn(Cc2ccccc2)nc1-c1ccccc1)OCc1cc(=O)n2ccsc2n1. The minimum Gasteiger partial charge on any atom is -0.456 e. The molecule has 0 N–H and O–H groups in total. The molecule has 0 saturated heterocycles. The van der Waals surface area contributed by atoms with Gasteiger partial charge in [0.25, 0.3) is 5.56 Å². The highest BCUT2D eigenvalue weighted by molar-refractivity contribution is 7.15. The van der Waals surface area contributed by atoms with Crippen LogP contribution < -0.4 is 5.56 Å². The summed E-state index contributed by atoms with van der Waals surface area (Å²) in [7, 11) is 0. The largest absolute Gasteiger partial charge is 0.456 e. The van der Waals surface area contributed by atoms with Gasteiger partial charge in [-0.1, -0.05) is 60.7 Å². The maximum absolute atomic E-state index is 12.4. The molecule has 3 aromatic heterocycles. The summed E-state index contributed by atoms with van der Waals surface area (Å²) in [6.07, 6.45) is 6.64. The standard InChI is InChI=1S/C26H20N4O3S/c31-23-15-22(27-26-30(23)13-14-34-26)18-33-24(32)12-11-21-17-29(16-19-7-3-1-4-8-19)28-25(21)20-9-5-2-6-10-20/h1-15,17H,16,18H2/b12-11+. The number of nitrogens with zero attached hydrogens (tertiary/aromatic N) is 4. The Morgan fingerprint density at radius 2 is 1.82 bits per heavy atom. The molecule has 0 aliphatic heterocycles. The van der Waals surface area contributed by atoms with Crippen LogP contribution in [0.3, 0.4) is 0 Å². The van der Waals surface area contributed by atoms with Crippen LogP contribution in [0.4, 0.5) is 0 Å². The minimum atomic E-state index is -0.525. The lowest BCUT2D eigenvalue weighted by molar-refractivity contribution is -0.139.